The summed E-state index contributed by atoms with van der Waals surface area (Å²) in [6.07, 6.45) is 1.76. The summed E-state index contributed by atoms with van der Waals surface area (Å²) in [4.78, 5) is 12.4. The largest absolute Gasteiger partial charge is 0.324 e. The summed E-state index contributed by atoms with van der Waals surface area (Å²) >= 11 is 33.0. The molecule has 1 N–H and O–H groups in total. The van der Waals surface area contributed by atoms with Gasteiger partial charge in [0.15, 0.2) is 5.16 Å². The van der Waals surface area contributed by atoms with Gasteiger partial charge in [-0.15, -0.1) is 28.5 Å². The maximum atomic E-state index is 12.4. The van der Waals surface area contributed by atoms with Crippen molar-refractivity contribution >= 4 is 93.1 Å². The van der Waals surface area contributed by atoms with E-state index in [1.54, 1.807) is 23.9 Å². The van der Waals surface area contributed by atoms with E-state index in [9.17, 15) is 4.79 Å². The number of carbonyl (C=O) groups excluding carboxylic acids is 1. The maximum absolute atomic E-state index is 12.4. The molecule has 0 saturated heterocycles. The van der Waals surface area contributed by atoms with E-state index in [2.05, 4.69) is 22.1 Å². The standard InChI is InChI=1S/C21H17Cl5N4OS2/c1-2-5-30-19(10-32-9-12-3-4-13(22)14(23)6-12)28-29-21(30)33-11-20(31)27-18-8-16(25)15(24)7-17(18)26/h2-4,6-8H,1,5,9-11H2,(H,27,31). The van der Waals surface area contributed by atoms with Gasteiger partial charge in [0.1, 0.15) is 5.82 Å². The van der Waals surface area contributed by atoms with Gasteiger partial charge in [-0.25, -0.2) is 0 Å². The molecule has 0 aliphatic heterocycles. The van der Waals surface area contributed by atoms with Crippen LogP contribution < -0.4 is 5.32 Å². The minimum absolute atomic E-state index is 0.113. The quantitative estimate of drug-likeness (QED) is 0.150. The SMILES string of the molecule is C=CCn1c(CSCc2ccc(Cl)c(Cl)c2)nnc1SCC(=O)Nc1cc(Cl)c(Cl)cc1Cl. The van der Waals surface area contributed by atoms with Crippen LogP contribution in [0.15, 0.2) is 48.1 Å². The lowest BCUT2D eigenvalue weighted by atomic mass is 10.2. The Morgan fingerprint density at radius 2 is 1.70 bits per heavy atom. The first-order valence-corrected chi connectivity index (χ1v) is 13.4. The Labute approximate surface area is 225 Å². The van der Waals surface area contributed by atoms with Gasteiger partial charge in [0.25, 0.3) is 0 Å². The van der Waals surface area contributed by atoms with Crippen LogP contribution in [0, 0.1) is 0 Å². The molecule has 3 aromatic rings. The number of benzene rings is 2. The number of amides is 1. The Bertz CT molecular complexity index is 1170. The fourth-order valence-corrected chi connectivity index (χ4v) is 5.26. The van der Waals surface area contributed by atoms with Crippen molar-refractivity contribution < 1.29 is 4.79 Å². The number of carbonyl (C=O) groups is 1. The molecule has 3 rings (SSSR count). The second-order valence-electron chi connectivity index (χ2n) is 6.62. The zero-order valence-corrected chi connectivity index (χ0v) is 22.4. The van der Waals surface area contributed by atoms with Crippen LogP contribution in [0.25, 0.3) is 0 Å². The van der Waals surface area contributed by atoms with Crippen LogP contribution in [0.2, 0.25) is 25.1 Å². The third-order valence-corrected chi connectivity index (χ3v) is 7.95. The van der Waals surface area contributed by atoms with Crippen molar-refractivity contribution in [3.8, 4) is 0 Å². The molecule has 0 saturated carbocycles. The number of hydrogen-bond acceptors (Lipinski definition) is 5. The molecule has 2 aromatic carbocycles. The van der Waals surface area contributed by atoms with Crippen molar-refractivity contribution in [1.29, 1.82) is 0 Å². The topological polar surface area (TPSA) is 59.8 Å². The number of rotatable bonds is 10. The second kappa shape index (κ2) is 12.6. The van der Waals surface area contributed by atoms with Gasteiger partial charge >= 0.3 is 0 Å². The predicted molar refractivity (Wildman–Crippen MR) is 143 cm³/mol. The van der Waals surface area contributed by atoms with Crippen LogP contribution in [0.3, 0.4) is 0 Å². The summed E-state index contributed by atoms with van der Waals surface area (Å²) < 4.78 is 1.93. The van der Waals surface area contributed by atoms with Crippen LogP contribution in [0.4, 0.5) is 5.69 Å². The smallest absolute Gasteiger partial charge is 0.234 e. The Hall–Kier alpha value is -1.06. The van der Waals surface area contributed by atoms with E-state index in [4.69, 9.17) is 58.0 Å². The molecule has 0 aliphatic rings. The summed E-state index contributed by atoms with van der Waals surface area (Å²) in [5.41, 5.74) is 1.46. The number of halogens is 5. The molecule has 12 heteroatoms. The van der Waals surface area contributed by atoms with E-state index in [1.807, 2.05) is 16.7 Å². The van der Waals surface area contributed by atoms with Gasteiger partial charge < -0.3 is 9.88 Å². The van der Waals surface area contributed by atoms with Gasteiger partial charge in [-0.2, -0.15) is 0 Å². The number of anilines is 1. The third-order valence-electron chi connectivity index (χ3n) is 4.21. The molecule has 1 aromatic heterocycles. The predicted octanol–water partition coefficient (Wildman–Crippen LogP) is 7.90. The number of thioether (sulfide) groups is 2. The van der Waals surface area contributed by atoms with E-state index in [-0.39, 0.29) is 11.7 Å². The Morgan fingerprint density at radius 1 is 0.970 bits per heavy atom. The first-order valence-electron chi connectivity index (χ1n) is 9.40. The highest BCUT2D eigenvalue weighted by atomic mass is 35.5. The molecule has 174 valence electrons. The first-order chi connectivity index (χ1) is 15.8. The second-order valence-corrected chi connectivity index (χ2v) is 10.6. The summed E-state index contributed by atoms with van der Waals surface area (Å²) in [6.45, 7) is 4.33. The number of aromatic nitrogens is 3. The number of hydrogen-bond donors (Lipinski definition) is 1. The summed E-state index contributed by atoms with van der Waals surface area (Å²) in [5.74, 6) is 2.02. The fraction of sp³-hybridized carbons (Fsp3) is 0.190. The lowest BCUT2D eigenvalue weighted by Gasteiger charge is -2.10. The molecule has 5 nitrogen and oxygen atoms in total. The van der Waals surface area contributed by atoms with Crippen LogP contribution in [0.1, 0.15) is 11.4 Å². The average molecular weight is 583 g/mol. The first kappa shape index (κ1) is 26.5. The van der Waals surface area contributed by atoms with Crippen molar-refractivity contribution in [2.24, 2.45) is 0 Å². The molecule has 0 radical (unpaired) electrons. The molecular weight excluding hydrogens is 566 g/mol. The zero-order valence-electron chi connectivity index (χ0n) is 17.0. The minimum atomic E-state index is -0.260. The minimum Gasteiger partial charge on any atom is -0.324 e. The van der Waals surface area contributed by atoms with E-state index < -0.39 is 0 Å². The molecule has 1 amide bonds. The molecule has 0 fully saturated rings. The normalized spacial score (nSPS) is 10.9. The van der Waals surface area contributed by atoms with Crippen LogP contribution in [0.5, 0.6) is 0 Å². The Kier molecular flexibility index (Phi) is 10.1. The van der Waals surface area contributed by atoms with Gasteiger partial charge in [-0.3, -0.25) is 4.79 Å². The highest BCUT2D eigenvalue weighted by molar-refractivity contribution is 7.99. The van der Waals surface area contributed by atoms with Gasteiger partial charge in [-0.05, 0) is 29.8 Å². The lowest BCUT2D eigenvalue weighted by molar-refractivity contribution is -0.113. The molecule has 0 spiro atoms. The van der Waals surface area contributed by atoms with Gasteiger partial charge in [-0.1, -0.05) is 81.9 Å². The fourth-order valence-electron chi connectivity index (χ4n) is 2.67. The third kappa shape index (κ3) is 7.46. The van der Waals surface area contributed by atoms with Gasteiger partial charge in [0.05, 0.1) is 42.3 Å². The van der Waals surface area contributed by atoms with E-state index in [0.29, 0.717) is 48.3 Å². The lowest BCUT2D eigenvalue weighted by Crippen LogP contribution is -2.15. The van der Waals surface area contributed by atoms with Crippen molar-refractivity contribution in [1.82, 2.24) is 14.8 Å². The van der Waals surface area contributed by atoms with Crippen molar-refractivity contribution in [2.75, 3.05) is 11.1 Å². The highest BCUT2D eigenvalue weighted by Crippen LogP contribution is 2.32. The molecule has 0 atom stereocenters. The highest BCUT2D eigenvalue weighted by Gasteiger charge is 2.15. The van der Waals surface area contributed by atoms with Crippen molar-refractivity contribution in [3.05, 3.63) is 79.5 Å². The number of nitrogens with one attached hydrogen (secondary N) is 1. The van der Waals surface area contributed by atoms with E-state index in [0.717, 1.165) is 17.1 Å². The van der Waals surface area contributed by atoms with E-state index in [1.165, 1.54) is 23.9 Å². The van der Waals surface area contributed by atoms with Crippen molar-refractivity contribution in [2.45, 2.75) is 23.2 Å². The average Bonchev–Trinajstić information content (AvgIpc) is 3.15. The van der Waals surface area contributed by atoms with Crippen molar-refractivity contribution in [3.63, 3.8) is 0 Å². The molecule has 1 heterocycles. The Morgan fingerprint density at radius 3 is 2.42 bits per heavy atom. The van der Waals surface area contributed by atoms with Crippen LogP contribution >= 0.6 is 81.5 Å². The van der Waals surface area contributed by atoms with Gasteiger partial charge in [0.2, 0.25) is 5.91 Å². The van der Waals surface area contributed by atoms with Crippen LogP contribution in [-0.2, 0) is 22.8 Å². The monoisotopic (exact) mass is 580 g/mol. The zero-order chi connectivity index (χ0) is 24.0. The summed E-state index contributed by atoms with van der Waals surface area (Å²) in [6, 6.07) is 8.57. The maximum Gasteiger partial charge on any atom is 0.234 e. The van der Waals surface area contributed by atoms with E-state index >= 15 is 0 Å². The molecule has 0 unspecified atom stereocenters. The molecule has 0 bridgehead atoms. The summed E-state index contributed by atoms with van der Waals surface area (Å²) in [5, 5.41) is 13.9. The van der Waals surface area contributed by atoms with Gasteiger partial charge in [0, 0.05) is 12.3 Å². The molecule has 0 aliphatic carbocycles. The number of nitrogens with zero attached hydrogens (tertiary/aromatic N) is 3. The molecular formula is C21H17Cl5N4OS2. The number of allylic oxidation sites excluding steroid dienone is 1. The molecule has 33 heavy (non-hydrogen) atoms. The van der Waals surface area contributed by atoms with Crippen LogP contribution in [-0.4, -0.2) is 26.4 Å². The summed E-state index contributed by atoms with van der Waals surface area (Å²) in [7, 11) is 0. The Balaban J connectivity index is 1.59.